The van der Waals surface area contributed by atoms with Crippen LogP contribution in [0.1, 0.15) is 43.3 Å². The van der Waals surface area contributed by atoms with Gasteiger partial charge in [0.1, 0.15) is 11.6 Å². The molecule has 2 heterocycles. The summed E-state index contributed by atoms with van der Waals surface area (Å²) in [5, 5.41) is 21.6. The Morgan fingerprint density at radius 1 is 1.50 bits per heavy atom. The highest BCUT2D eigenvalue weighted by Crippen LogP contribution is 2.17. The maximum atomic E-state index is 11.9. The van der Waals surface area contributed by atoms with Gasteiger partial charge < -0.3 is 5.32 Å². The Hall–Kier alpha value is -2.40. The highest BCUT2D eigenvalue weighted by atomic mass is 32.1. The standard InChI is InChI=1S/C14H18N6OS/c1-9(2)20-8-11(6-15)12(19-20)18-14(21)17-7-10(3)13-16-4-5-22-13/h4-5,8-10H,7H2,1-3H3,(H2,17,18,19,21)/t10-/m1/s1. The van der Waals surface area contributed by atoms with Crippen molar-refractivity contribution in [2.45, 2.75) is 32.7 Å². The average molecular weight is 318 g/mol. The summed E-state index contributed by atoms with van der Waals surface area (Å²) < 4.78 is 1.65. The highest BCUT2D eigenvalue weighted by Gasteiger charge is 2.14. The lowest BCUT2D eigenvalue weighted by molar-refractivity contribution is 0.251. The van der Waals surface area contributed by atoms with Crippen molar-refractivity contribution in [3.05, 3.63) is 28.3 Å². The van der Waals surface area contributed by atoms with Crippen LogP contribution in [0.5, 0.6) is 0 Å². The predicted molar refractivity (Wildman–Crippen MR) is 84.9 cm³/mol. The number of nitriles is 1. The van der Waals surface area contributed by atoms with Crippen molar-refractivity contribution in [3.8, 4) is 6.07 Å². The lowest BCUT2D eigenvalue weighted by atomic mass is 10.2. The van der Waals surface area contributed by atoms with Crippen LogP contribution in [0.2, 0.25) is 0 Å². The molecule has 0 radical (unpaired) electrons. The van der Waals surface area contributed by atoms with E-state index in [2.05, 4.69) is 20.7 Å². The van der Waals surface area contributed by atoms with Crippen LogP contribution in [-0.4, -0.2) is 27.3 Å². The summed E-state index contributed by atoms with van der Waals surface area (Å²) in [5.41, 5.74) is 0.344. The zero-order valence-electron chi connectivity index (χ0n) is 12.7. The summed E-state index contributed by atoms with van der Waals surface area (Å²) >= 11 is 1.56. The predicted octanol–water partition coefficient (Wildman–Crippen LogP) is 2.72. The van der Waals surface area contributed by atoms with E-state index in [9.17, 15) is 4.79 Å². The molecule has 8 heteroatoms. The van der Waals surface area contributed by atoms with E-state index in [0.717, 1.165) is 5.01 Å². The van der Waals surface area contributed by atoms with Gasteiger partial charge in [0.25, 0.3) is 0 Å². The number of urea groups is 1. The minimum atomic E-state index is -0.381. The number of thiazole rings is 1. The number of hydrogen-bond donors (Lipinski definition) is 2. The van der Waals surface area contributed by atoms with Crippen molar-refractivity contribution in [1.82, 2.24) is 20.1 Å². The molecule has 0 fully saturated rings. The molecule has 116 valence electrons. The fourth-order valence-electron chi connectivity index (χ4n) is 1.79. The van der Waals surface area contributed by atoms with Crippen molar-refractivity contribution in [2.75, 3.05) is 11.9 Å². The van der Waals surface area contributed by atoms with Crippen LogP contribution in [0, 0.1) is 11.3 Å². The number of hydrogen-bond acceptors (Lipinski definition) is 5. The fraction of sp³-hybridized carbons (Fsp3) is 0.429. The normalized spacial score (nSPS) is 12.0. The largest absolute Gasteiger partial charge is 0.337 e. The van der Waals surface area contributed by atoms with Gasteiger partial charge in [-0.05, 0) is 13.8 Å². The Bertz CT molecular complexity index is 670. The number of aromatic nitrogens is 3. The summed E-state index contributed by atoms with van der Waals surface area (Å²) in [4.78, 5) is 16.2. The molecule has 2 N–H and O–H groups in total. The van der Waals surface area contributed by atoms with Gasteiger partial charge in [0.15, 0.2) is 5.82 Å². The molecule has 0 aliphatic rings. The highest BCUT2D eigenvalue weighted by molar-refractivity contribution is 7.09. The first-order chi connectivity index (χ1) is 10.5. The number of nitrogens with one attached hydrogen (secondary N) is 2. The summed E-state index contributed by atoms with van der Waals surface area (Å²) in [5.74, 6) is 0.407. The SMILES string of the molecule is CC(C)n1cc(C#N)c(NC(=O)NC[C@@H](C)c2nccs2)n1. The number of carbonyl (C=O) groups excluding carboxylic acids is 1. The third kappa shape index (κ3) is 3.83. The van der Waals surface area contributed by atoms with Crippen molar-refractivity contribution < 1.29 is 4.79 Å². The van der Waals surface area contributed by atoms with E-state index in [1.54, 1.807) is 28.4 Å². The number of nitrogens with zero attached hydrogens (tertiary/aromatic N) is 4. The van der Waals surface area contributed by atoms with Crippen molar-refractivity contribution in [1.29, 1.82) is 5.26 Å². The molecule has 0 aromatic carbocycles. The summed E-state index contributed by atoms with van der Waals surface area (Å²) in [6.07, 6.45) is 3.37. The van der Waals surface area contributed by atoms with E-state index in [-0.39, 0.29) is 23.8 Å². The first kappa shape index (κ1) is 16.0. The molecule has 2 amide bonds. The Kier molecular flexibility index (Phi) is 5.12. The molecule has 1 atom stereocenters. The molecule has 2 aromatic heterocycles. The van der Waals surface area contributed by atoms with Crippen LogP contribution in [-0.2, 0) is 0 Å². The van der Waals surface area contributed by atoms with Crippen molar-refractivity contribution >= 4 is 23.2 Å². The van der Waals surface area contributed by atoms with Gasteiger partial charge in [0.05, 0.1) is 5.01 Å². The van der Waals surface area contributed by atoms with Gasteiger partial charge in [-0.3, -0.25) is 10.00 Å². The Morgan fingerprint density at radius 3 is 2.86 bits per heavy atom. The van der Waals surface area contributed by atoms with Crippen LogP contribution in [0.4, 0.5) is 10.6 Å². The van der Waals surface area contributed by atoms with Gasteiger partial charge in [0, 0.05) is 36.3 Å². The molecule has 0 aliphatic heterocycles. The third-order valence-corrected chi connectivity index (χ3v) is 4.06. The first-order valence-corrected chi connectivity index (χ1v) is 7.82. The zero-order chi connectivity index (χ0) is 16.1. The van der Waals surface area contributed by atoms with E-state index in [0.29, 0.717) is 12.1 Å². The fourth-order valence-corrected chi connectivity index (χ4v) is 2.49. The molecule has 2 aromatic rings. The maximum absolute atomic E-state index is 11.9. The van der Waals surface area contributed by atoms with Crippen molar-refractivity contribution in [3.63, 3.8) is 0 Å². The second-order valence-corrected chi connectivity index (χ2v) is 6.11. The van der Waals surface area contributed by atoms with Gasteiger partial charge in [-0.25, -0.2) is 9.78 Å². The molecular weight excluding hydrogens is 300 g/mol. The molecule has 0 saturated heterocycles. The first-order valence-electron chi connectivity index (χ1n) is 6.94. The minimum Gasteiger partial charge on any atom is -0.337 e. The maximum Gasteiger partial charge on any atom is 0.320 e. The van der Waals surface area contributed by atoms with Crippen LogP contribution in [0.15, 0.2) is 17.8 Å². The smallest absolute Gasteiger partial charge is 0.320 e. The van der Waals surface area contributed by atoms with Crippen molar-refractivity contribution in [2.24, 2.45) is 0 Å². The van der Waals surface area contributed by atoms with E-state index < -0.39 is 0 Å². The quantitative estimate of drug-likeness (QED) is 0.886. The number of carbonyl (C=O) groups is 1. The number of rotatable bonds is 5. The second kappa shape index (κ2) is 7.04. The van der Waals surface area contributed by atoms with Crippen LogP contribution < -0.4 is 10.6 Å². The number of anilines is 1. The Balaban J connectivity index is 1.93. The molecule has 0 unspecified atom stereocenters. The second-order valence-electron chi connectivity index (χ2n) is 5.18. The van der Waals surface area contributed by atoms with Gasteiger partial charge in [0.2, 0.25) is 0 Å². The monoisotopic (exact) mass is 318 g/mol. The van der Waals surface area contributed by atoms with E-state index >= 15 is 0 Å². The lowest BCUT2D eigenvalue weighted by Gasteiger charge is -2.10. The Labute approximate surface area is 133 Å². The molecule has 0 bridgehead atoms. The molecular formula is C14H18N6OS. The third-order valence-electron chi connectivity index (χ3n) is 3.06. The minimum absolute atomic E-state index is 0.121. The lowest BCUT2D eigenvalue weighted by Crippen LogP contribution is -2.32. The van der Waals surface area contributed by atoms with Gasteiger partial charge >= 0.3 is 6.03 Å². The molecule has 2 rings (SSSR count). The van der Waals surface area contributed by atoms with Crippen LogP contribution in [0.25, 0.3) is 0 Å². The topological polar surface area (TPSA) is 95.6 Å². The molecule has 0 spiro atoms. The van der Waals surface area contributed by atoms with E-state index in [1.165, 1.54) is 0 Å². The molecule has 0 saturated carbocycles. The van der Waals surface area contributed by atoms with E-state index in [1.807, 2.05) is 32.2 Å². The molecule has 22 heavy (non-hydrogen) atoms. The van der Waals surface area contributed by atoms with Gasteiger partial charge in [-0.1, -0.05) is 6.92 Å². The number of amides is 2. The van der Waals surface area contributed by atoms with E-state index in [4.69, 9.17) is 5.26 Å². The van der Waals surface area contributed by atoms with Crippen LogP contribution in [0.3, 0.4) is 0 Å². The summed E-state index contributed by atoms with van der Waals surface area (Å²) in [7, 11) is 0. The zero-order valence-corrected chi connectivity index (χ0v) is 13.5. The Morgan fingerprint density at radius 2 is 2.27 bits per heavy atom. The van der Waals surface area contributed by atoms with Crippen LogP contribution >= 0.6 is 11.3 Å². The van der Waals surface area contributed by atoms with Gasteiger partial charge in [-0.15, -0.1) is 11.3 Å². The molecule has 0 aliphatic carbocycles. The summed E-state index contributed by atoms with van der Waals surface area (Å²) in [6.45, 7) is 6.36. The average Bonchev–Trinajstić information content (AvgIpc) is 3.14. The molecule has 7 nitrogen and oxygen atoms in total. The summed E-state index contributed by atoms with van der Waals surface area (Å²) in [6, 6.07) is 1.77. The van der Waals surface area contributed by atoms with Gasteiger partial charge in [-0.2, -0.15) is 10.4 Å².